The number of carbonyl (C=O) groups is 1. The first-order valence-corrected chi connectivity index (χ1v) is 6.94. The fraction of sp³-hybridized carbons (Fsp3) is 0.167. The molecule has 0 fully saturated rings. The average molecular weight is 281 g/mol. The summed E-state index contributed by atoms with van der Waals surface area (Å²) < 4.78 is 0. The van der Waals surface area contributed by atoms with Gasteiger partial charge in [-0.15, -0.1) is 0 Å². The van der Waals surface area contributed by atoms with Crippen molar-refractivity contribution in [1.82, 2.24) is 5.32 Å². The van der Waals surface area contributed by atoms with E-state index < -0.39 is 0 Å². The summed E-state index contributed by atoms with van der Waals surface area (Å²) in [7, 11) is 0. The molecule has 0 aliphatic heterocycles. The minimum absolute atomic E-state index is 0.0664. The van der Waals surface area contributed by atoms with E-state index in [4.69, 9.17) is 5.11 Å². The second-order valence-corrected chi connectivity index (χ2v) is 4.92. The number of amides is 1. The molecular formula is C18H19NO2. The lowest BCUT2D eigenvalue weighted by Crippen LogP contribution is -2.33. The molecule has 0 spiro atoms. The summed E-state index contributed by atoms with van der Waals surface area (Å²) in [6.07, 6.45) is 3.25. The van der Waals surface area contributed by atoms with Gasteiger partial charge in [-0.1, -0.05) is 48.5 Å². The highest BCUT2D eigenvalue weighted by Gasteiger charge is 2.02. The molecule has 3 nitrogen and oxygen atoms in total. The number of benzene rings is 2. The molecule has 0 saturated heterocycles. The number of carbonyl (C=O) groups excluding carboxylic acids is 1. The molecule has 0 aliphatic carbocycles. The third kappa shape index (κ3) is 4.58. The smallest absolute Gasteiger partial charge is 0.244 e. The van der Waals surface area contributed by atoms with Crippen molar-refractivity contribution in [3.05, 3.63) is 66.2 Å². The highest BCUT2D eigenvalue weighted by atomic mass is 16.3. The van der Waals surface area contributed by atoms with Crippen molar-refractivity contribution in [2.24, 2.45) is 0 Å². The number of hydrogen-bond acceptors (Lipinski definition) is 2. The first kappa shape index (κ1) is 15.0. The Morgan fingerprint density at radius 2 is 1.86 bits per heavy atom. The Kier molecular flexibility index (Phi) is 5.29. The van der Waals surface area contributed by atoms with E-state index in [1.54, 1.807) is 13.0 Å². The monoisotopic (exact) mass is 281 g/mol. The number of rotatable bonds is 5. The predicted octanol–water partition coefficient (Wildman–Crippen LogP) is 2.86. The summed E-state index contributed by atoms with van der Waals surface area (Å²) in [6, 6.07) is 17.9. The van der Waals surface area contributed by atoms with Gasteiger partial charge in [0.05, 0.1) is 6.61 Å². The molecule has 0 aromatic heterocycles. The van der Waals surface area contributed by atoms with Crippen LogP contribution in [0.3, 0.4) is 0 Å². The molecule has 1 unspecified atom stereocenters. The third-order valence-corrected chi connectivity index (χ3v) is 3.08. The quantitative estimate of drug-likeness (QED) is 0.828. The lowest BCUT2D eigenvalue weighted by molar-refractivity contribution is -0.117. The van der Waals surface area contributed by atoms with E-state index in [1.807, 2.05) is 42.5 Å². The van der Waals surface area contributed by atoms with Gasteiger partial charge in [0.1, 0.15) is 0 Å². The number of nitrogens with one attached hydrogen (secondary N) is 1. The summed E-state index contributed by atoms with van der Waals surface area (Å²) in [5, 5.41) is 11.6. The van der Waals surface area contributed by atoms with Crippen LogP contribution in [0.4, 0.5) is 0 Å². The molecule has 0 aliphatic rings. The second kappa shape index (κ2) is 7.41. The van der Waals surface area contributed by atoms with Gasteiger partial charge in [-0.05, 0) is 35.8 Å². The topological polar surface area (TPSA) is 49.3 Å². The van der Waals surface area contributed by atoms with Gasteiger partial charge in [0, 0.05) is 12.1 Å². The molecule has 1 atom stereocenters. The lowest BCUT2D eigenvalue weighted by Gasteiger charge is -2.07. The minimum atomic E-state index is -0.238. The average Bonchev–Trinajstić information content (AvgIpc) is 2.54. The molecule has 0 bridgehead atoms. The Morgan fingerprint density at radius 1 is 1.14 bits per heavy atom. The lowest BCUT2D eigenvalue weighted by atomic mass is 10.0. The molecule has 0 saturated carbocycles. The Balaban J connectivity index is 2.10. The molecule has 2 aromatic rings. The summed E-state index contributed by atoms with van der Waals surface area (Å²) >= 11 is 0. The van der Waals surface area contributed by atoms with Crippen LogP contribution in [0.25, 0.3) is 17.2 Å². The van der Waals surface area contributed by atoms with E-state index in [0.717, 1.165) is 16.7 Å². The highest BCUT2D eigenvalue weighted by Crippen LogP contribution is 2.20. The number of aliphatic hydroxyl groups is 1. The fourth-order valence-electron chi connectivity index (χ4n) is 1.96. The first-order chi connectivity index (χ1) is 10.2. The van der Waals surface area contributed by atoms with E-state index in [0.29, 0.717) is 0 Å². The van der Waals surface area contributed by atoms with Crippen LogP contribution in [0.1, 0.15) is 12.5 Å². The zero-order valence-corrected chi connectivity index (χ0v) is 12.0. The maximum absolute atomic E-state index is 11.6. The molecule has 3 heteroatoms. The Hall–Kier alpha value is -2.39. The third-order valence-electron chi connectivity index (χ3n) is 3.08. The van der Waals surface area contributed by atoms with Crippen LogP contribution in [0, 0.1) is 0 Å². The Labute approximate surface area is 124 Å². The normalized spacial score (nSPS) is 12.3. The van der Waals surface area contributed by atoms with Gasteiger partial charge >= 0.3 is 0 Å². The maximum Gasteiger partial charge on any atom is 0.244 e. The van der Waals surface area contributed by atoms with E-state index in [1.165, 1.54) is 6.08 Å². The molecular weight excluding hydrogens is 262 g/mol. The Morgan fingerprint density at radius 3 is 2.57 bits per heavy atom. The van der Waals surface area contributed by atoms with Gasteiger partial charge in [0.15, 0.2) is 0 Å². The Bertz CT molecular complexity index is 620. The molecule has 0 heterocycles. The van der Waals surface area contributed by atoms with Crippen molar-refractivity contribution in [2.45, 2.75) is 13.0 Å². The van der Waals surface area contributed by atoms with E-state index >= 15 is 0 Å². The first-order valence-electron chi connectivity index (χ1n) is 6.94. The van der Waals surface area contributed by atoms with Gasteiger partial charge < -0.3 is 10.4 Å². The van der Waals surface area contributed by atoms with Crippen molar-refractivity contribution < 1.29 is 9.90 Å². The van der Waals surface area contributed by atoms with Crippen LogP contribution in [-0.4, -0.2) is 23.7 Å². The van der Waals surface area contributed by atoms with Crippen LogP contribution < -0.4 is 5.32 Å². The van der Waals surface area contributed by atoms with Crippen molar-refractivity contribution in [3.63, 3.8) is 0 Å². The van der Waals surface area contributed by atoms with E-state index in [2.05, 4.69) is 17.4 Å². The fourth-order valence-corrected chi connectivity index (χ4v) is 1.96. The zero-order valence-electron chi connectivity index (χ0n) is 12.0. The van der Waals surface area contributed by atoms with Crippen molar-refractivity contribution in [3.8, 4) is 11.1 Å². The molecule has 1 amide bonds. The van der Waals surface area contributed by atoms with Crippen molar-refractivity contribution >= 4 is 12.0 Å². The molecule has 2 N–H and O–H groups in total. The summed E-state index contributed by atoms with van der Waals surface area (Å²) in [5.74, 6) is -0.207. The largest absolute Gasteiger partial charge is 0.394 e. The van der Waals surface area contributed by atoms with Crippen LogP contribution >= 0.6 is 0 Å². The van der Waals surface area contributed by atoms with Gasteiger partial charge in [-0.2, -0.15) is 0 Å². The summed E-state index contributed by atoms with van der Waals surface area (Å²) in [4.78, 5) is 11.6. The predicted molar refractivity (Wildman–Crippen MR) is 85.6 cm³/mol. The SMILES string of the molecule is CC(CO)NC(=O)/C=C/c1cccc(-c2ccccc2)c1. The van der Waals surface area contributed by atoms with E-state index in [-0.39, 0.29) is 18.6 Å². The van der Waals surface area contributed by atoms with Crippen LogP contribution in [0.5, 0.6) is 0 Å². The van der Waals surface area contributed by atoms with E-state index in [9.17, 15) is 4.79 Å². The van der Waals surface area contributed by atoms with Gasteiger partial charge in [-0.3, -0.25) is 4.79 Å². The van der Waals surface area contributed by atoms with Crippen molar-refractivity contribution in [2.75, 3.05) is 6.61 Å². The zero-order chi connectivity index (χ0) is 15.1. The van der Waals surface area contributed by atoms with Gasteiger partial charge in [0.2, 0.25) is 5.91 Å². The molecule has 2 rings (SSSR count). The van der Waals surface area contributed by atoms with Gasteiger partial charge in [-0.25, -0.2) is 0 Å². The maximum atomic E-state index is 11.6. The number of aliphatic hydroxyl groups excluding tert-OH is 1. The summed E-state index contributed by atoms with van der Waals surface area (Å²) in [6.45, 7) is 1.69. The summed E-state index contributed by atoms with van der Waals surface area (Å²) in [5.41, 5.74) is 3.22. The van der Waals surface area contributed by atoms with Gasteiger partial charge in [0.25, 0.3) is 0 Å². The number of hydrogen-bond donors (Lipinski definition) is 2. The standard InChI is InChI=1S/C18H19NO2/c1-14(13-20)19-18(21)11-10-15-6-5-9-17(12-15)16-7-3-2-4-8-16/h2-12,14,20H,13H2,1H3,(H,19,21)/b11-10+. The second-order valence-electron chi connectivity index (χ2n) is 4.92. The molecule has 108 valence electrons. The van der Waals surface area contributed by atoms with Crippen LogP contribution in [-0.2, 0) is 4.79 Å². The highest BCUT2D eigenvalue weighted by molar-refractivity contribution is 5.92. The molecule has 0 radical (unpaired) electrons. The van der Waals surface area contributed by atoms with Crippen molar-refractivity contribution in [1.29, 1.82) is 0 Å². The minimum Gasteiger partial charge on any atom is -0.394 e. The van der Waals surface area contributed by atoms with Crippen LogP contribution in [0.2, 0.25) is 0 Å². The molecule has 21 heavy (non-hydrogen) atoms. The molecule has 2 aromatic carbocycles. The van der Waals surface area contributed by atoms with Crippen LogP contribution in [0.15, 0.2) is 60.7 Å².